The van der Waals surface area contributed by atoms with Crippen LogP contribution in [0.25, 0.3) is 0 Å². The molecule has 0 N–H and O–H groups in total. The molecular formula is C22H26IN3O4S. The lowest BCUT2D eigenvalue weighted by atomic mass is 10.2. The van der Waals surface area contributed by atoms with Crippen LogP contribution in [0.4, 0.5) is 0 Å². The van der Waals surface area contributed by atoms with Crippen molar-refractivity contribution in [1.82, 2.24) is 14.1 Å². The number of ether oxygens (including phenoxy) is 2. The second-order valence-corrected chi connectivity index (χ2v) is 10.3. The maximum atomic E-state index is 13.6. The predicted octanol–water partition coefficient (Wildman–Crippen LogP) is 4.48. The summed E-state index contributed by atoms with van der Waals surface area (Å²) in [5.41, 5.74) is 1.72. The SMILES string of the molecule is COc1ccc(CN(Cc2ccc(OC)cc2)S(=O)(=O)c2nn(C(C)C)cc2I)cc1. The molecule has 0 saturated heterocycles. The fraction of sp³-hybridized carbons (Fsp3) is 0.318. The third kappa shape index (κ3) is 5.58. The highest BCUT2D eigenvalue weighted by Crippen LogP contribution is 2.26. The Morgan fingerprint density at radius 1 is 0.935 bits per heavy atom. The van der Waals surface area contributed by atoms with Gasteiger partial charge in [0.1, 0.15) is 11.5 Å². The van der Waals surface area contributed by atoms with Crippen molar-refractivity contribution < 1.29 is 17.9 Å². The van der Waals surface area contributed by atoms with E-state index in [0.29, 0.717) is 3.57 Å². The van der Waals surface area contributed by atoms with Crippen LogP contribution in [0.2, 0.25) is 0 Å². The van der Waals surface area contributed by atoms with Crippen LogP contribution < -0.4 is 9.47 Å². The number of sulfonamides is 1. The van der Waals surface area contributed by atoms with Crippen LogP contribution in [0.3, 0.4) is 0 Å². The Hall–Kier alpha value is -2.11. The molecule has 0 bridgehead atoms. The zero-order chi connectivity index (χ0) is 22.6. The number of benzene rings is 2. The molecule has 0 fully saturated rings. The molecule has 0 saturated carbocycles. The molecule has 31 heavy (non-hydrogen) atoms. The minimum Gasteiger partial charge on any atom is -0.497 e. The van der Waals surface area contributed by atoms with Crippen molar-refractivity contribution in [3.63, 3.8) is 0 Å². The predicted molar refractivity (Wildman–Crippen MR) is 128 cm³/mol. The Kier molecular flexibility index (Phi) is 7.60. The first-order valence-electron chi connectivity index (χ1n) is 9.75. The van der Waals surface area contributed by atoms with Crippen LogP contribution in [-0.2, 0) is 23.1 Å². The summed E-state index contributed by atoms with van der Waals surface area (Å²) < 4.78 is 41.4. The van der Waals surface area contributed by atoms with E-state index < -0.39 is 10.0 Å². The zero-order valence-electron chi connectivity index (χ0n) is 17.9. The van der Waals surface area contributed by atoms with Crippen molar-refractivity contribution in [3.8, 4) is 11.5 Å². The van der Waals surface area contributed by atoms with Crippen molar-refractivity contribution in [1.29, 1.82) is 0 Å². The van der Waals surface area contributed by atoms with E-state index in [4.69, 9.17) is 9.47 Å². The number of methoxy groups -OCH3 is 2. The second kappa shape index (κ2) is 10.0. The van der Waals surface area contributed by atoms with E-state index in [-0.39, 0.29) is 24.2 Å². The first kappa shape index (κ1) is 23.6. The van der Waals surface area contributed by atoms with Gasteiger partial charge in [-0.15, -0.1) is 0 Å². The third-order valence-corrected chi connectivity index (χ3v) is 7.69. The lowest BCUT2D eigenvalue weighted by Crippen LogP contribution is -2.31. The van der Waals surface area contributed by atoms with Crippen LogP contribution in [0, 0.1) is 3.57 Å². The number of hydrogen-bond acceptors (Lipinski definition) is 5. The Bertz CT molecular complexity index is 1060. The molecule has 1 aromatic heterocycles. The van der Waals surface area contributed by atoms with Gasteiger partial charge in [-0.2, -0.15) is 9.40 Å². The Balaban J connectivity index is 1.98. The van der Waals surface area contributed by atoms with E-state index in [2.05, 4.69) is 5.10 Å². The van der Waals surface area contributed by atoms with Crippen LogP contribution >= 0.6 is 22.6 Å². The average molecular weight is 555 g/mol. The molecule has 0 spiro atoms. The van der Waals surface area contributed by atoms with Crippen molar-refractivity contribution in [2.75, 3.05) is 14.2 Å². The fourth-order valence-electron chi connectivity index (χ4n) is 3.01. The summed E-state index contributed by atoms with van der Waals surface area (Å²) in [5, 5.41) is 4.45. The minimum atomic E-state index is -3.84. The zero-order valence-corrected chi connectivity index (χ0v) is 20.9. The van der Waals surface area contributed by atoms with Gasteiger partial charge in [0.25, 0.3) is 10.0 Å². The summed E-state index contributed by atoms with van der Waals surface area (Å²) in [6.07, 6.45) is 1.76. The molecule has 0 aliphatic carbocycles. The number of aromatic nitrogens is 2. The summed E-state index contributed by atoms with van der Waals surface area (Å²) in [5.74, 6) is 1.44. The maximum absolute atomic E-state index is 13.6. The van der Waals surface area contributed by atoms with Gasteiger partial charge < -0.3 is 9.47 Å². The molecule has 0 atom stereocenters. The summed E-state index contributed by atoms with van der Waals surface area (Å²) in [7, 11) is -0.642. The topological polar surface area (TPSA) is 73.7 Å². The van der Waals surface area contributed by atoms with Crippen LogP contribution in [0.1, 0.15) is 31.0 Å². The number of rotatable bonds is 9. The summed E-state index contributed by atoms with van der Waals surface area (Å²) in [4.78, 5) is 0. The lowest BCUT2D eigenvalue weighted by Gasteiger charge is -2.22. The molecule has 1 heterocycles. The molecule has 0 aliphatic heterocycles. The Morgan fingerprint density at radius 2 is 1.39 bits per heavy atom. The van der Waals surface area contributed by atoms with E-state index >= 15 is 0 Å². The monoisotopic (exact) mass is 555 g/mol. The van der Waals surface area contributed by atoms with Gasteiger partial charge in [0.2, 0.25) is 5.03 Å². The van der Waals surface area contributed by atoms with Crippen LogP contribution in [-0.4, -0.2) is 36.7 Å². The van der Waals surface area contributed by atoms with Gasteiger partial charge in [-0.3, -0.25) is 4.68 Å². The molecule has 7 nitrogen and oxygen atoms in total. The highest BCUT2D eigenvalue weighted by molar-refractivity contribution is 14.1. The Morgan fingerprint density at radius 3 is 1.74 bits per heavy atom. The third-order valence-electron chi connectivity index (χ3n) is 4.81. The molecule has 0 radical (unpaired) electrons. The standard InChI is InChI=1S/C22H26IN3O4S/c1-16(2)26-15-21(23)22(24-26)31(27,28)25(13-17-5-9-19(29-3)10-6-17)14-18-7-11-20(30-4)12-8-18/h5-12,15-16H,13-14H2,1-4H3. The molecule has 0 aliphatic rings. The quantitative estimate of drug-likeness (QED) is 0.365. The molecule has 0 amide bonds. The van der Waals surface area contributed by atoms with E-state index in [1.807, 2.05) is 85.0 Å². The van der Waals surface area contributed by atoms with E-state index in [9.17, 15) is 8.42 Å². The normalized spacial score (nSPS) is 11.8. The van der Waals surface area contributed by atoms with Gasteiger partial charge in [0, 0.05) is 25.3 Å². The number of nitrogens with zero attached hydrogens (tertiary/aromatic N) is 3. The van der Waals surface area contributed by atoms with E-state index in [1.54, 1.807) is 25.1 Å². The largest absolute Gasteiger partial charge is 0.497 e. The van der Waals surface area contributed by atoms with Gasteiger partial charge >= 0.3 is 0 Å². The maximum Gasteiger partial charge on any atom is 0.264 e. The highest BCUT2D eigenvalue weighted by Gasteiger charge is 2.30. The lowest BCUT2D eigenvalue weighted by molar-refractivity contribution is 0.394. The molecular weight excluding hydrogens is 529 g/mol. The number of halogens is 1. The molecule has 2 aromatic carbocycles. The van der Waals surface area contributed by atoms with Gasteiger partial charge in [-0.1, -0.05) is 24.3 Å². The van der Waals surface area contributed by atoms with Gasteiger partial charge in [0.05, 0.1) is 17.8 Å². The van der Waals surface area contributed by atoms with Gasteiger partial charge in [-0.05, 0) is 71.8 Å². The summed E-state index contributed by atoms with van der Waals surface area (Å²) in [6.45, 7) is 4.35. The van der Waals surface area contributed by atoms with Crippen molar-refractivity contribution in [2.45, 2.75) is 38.0 Å². The van der Waals surface area contributed by atoms with Crippen molar-refractivity contribution in [2.24, 2.45) is 0 Å². The van der Waals surface area contributed by atoms with Crippen molar-refractivity contribution >= 4 is 32.6 Å². The van der Waals surface area contributed by atoms with Gasteiger partial charge in [-0.25, -0.2) is 8.42 Å². The number of hydrogen-bond donors (Lipinski definition) is 0. The molecule has 0 unspecified atom stereocenters. The molecule has 166 valence electrons. The Labute approximate surface area is 197 Å². The molecule has 3 rings (SSSR count). The highest BCUT2D eigenvalue weighted by atomic mass is 127. The molecule has 3 aromatic rings. The van der Waals surface area contributed by atoms with Crippen LogP contribution in [0.5, 0.6) is 11.5 Å². The first-order chi connectivity index (χ1) is 14.7. The first-order valence-corrected chi connectivity index (χ1v) is 12.3. The van der Waals surface area contributed by atoms with Crippen molar-refractivity contribution in [3.05, 3.63) is 69.4 Å². The summed E-state index contributed by atoms with van der Waals surface area (Å²) in [6, 6.07) is 14.8. The molecule has 9 heteroatoms. The average Bonchev–Trinajstić information content (AvgIpc) is 3.17. The van der Waals surface area contributed by atoms with E-state index in [1.165, 1.54) is 4.31 Å². The minimum absolute atomic E-state index is 0.0640. The smallest absolute Gasteiger partial charge is 0.264 e. The second-order valence-electron chi connectivity index (χ2n) is 7.33. The summed E-state index contributed by atoms with van der Waals surface area (Å²) >= 11 is 2.03. The van der Waals surface area contributed by atoms with E-state index in [0.717, 1.165) is 22.6 Å². The van der Waals surface area contributed by atoms with Gasteiger partial charge in [0.15, 0.2) is 0 Å². The fourth-order valence-corrected chi connectivity index (χ4v) is 5.62. The van der Waals surface area contributed by atoms with Crippen LogP contribution in [0.15, 0.2) is 59.8 Å².